The van der Waals surface area contributed by atoms with Gasteiger partial charge in [0.25, 0.3) is 0 Å². The molecule has 2 rings (SSSR count). The molecule has 1 heteroatoms. The highest BCUT2D eigenvalue weighted by atomic mass is 32.2. The van der Waals surface area contributed by atoms with Crippen LogP contribution in [0.3, 0.4) is 0 Å². The van der Waals surface area contributed by atoms with E-state index < -0.39 is 0 Å². The van der Waals surface area contributed by atoms with E-state index in [0.29, 0.717) is 0 Å². The quantitative estimate of drug-likeness (QED) is 0.501. The second kappa shape index (κ2) is 2.53. The number of hydrogen-bond donors (Lipinski definition) is 0. The average molecular weight is 142 g/mol. The molecule has 1 heterocycles. The van der Waals surface area contributed by atoms with E-state index in [-0.39, 0.29) is 0 Å². The summed E-state index contributed by atoms with van der Waals surface area (Å²) in [5.74, 6) is 2.57. The second-order valence-electron chi connectivity index (χ2n) is 3.24. The van der Waals surface area contributed by atoms with Gasteiger partial charge >= 0.3 is 0 Å². The smallest absolute Gasteiger partial charge is 0.00753 e. The van der Waals surface area contributed by atoms with Crippen molar-refractivity contribution in [1.29, 1.82) is 0 Å². The fourth-order valence-corrected chi connectivity index (χ4v) is 3.65. The zero-order valence-corrected chi connectivity index (χ0v) is 6.62. The molecular weight excluding hydrogens is 128 g/mol. The monoisotopic (exact) mass is 142 g/mol. The Morgan fingerprint density at radius 1 is 1.00 bits per heavy atom. The molecule has 0 spiro atoms. The SMILES string of the molecule is C1CS[C@H]2CCC[C@H]2C1. The third kappa shape index (κ3) is 1.12. The van der Waals surface area contributed by atoms with E-state index in [2.05, 4.69) is 11.8 Å². The minimum absolute atomic E-state index is 1.08. The van der Waals surface area contributed by atoms with Crippen LogP contribution in [0.4, 0.5) is 0 Å². The first-order valence-corrected chi connectivity index (χ1v) is 5.13. The third-order valence-corrected chi connectivity index (χ3v) is 4.21. The van der Waals surface area contributed by atoms with Crippen LogP contribution < -0.4 is 0 Å². The molecule has 0 N–H and O–H groups in total. The largest absolute Gasteiger partial charge is 0.158 e. The van der Waals surface area contributed by atoms with Crippen molar-refractivity contribution in [3.05, 3.63) is 0 Å². The number of fused-ring (bicyclic) bond motifs is 1. The van der Waals surface area contributed by atoms with Gasteiger partial charge in [0, 0.05) is 5.25 Å². The molecule has 0 nitrogen and oxygen atoms in total. The molecule has 9 heavy (non-hydrogen) atoms. The predicted molar refractivity (Wildman–Crippen MR) is 42.8 cm³/mol. The van der Waals surface area contributed by atoms with Crippen LogP contribution in [0.2, 0.25) is 0 Å². The van der Waals surface area contributed by atoms with Crippen molar-refractivity contribution in [2.45, 2.75) is 37.4 Å². The summed E-state index contributed by atoms with van der Waals surface area (Å²) in [6.07, 6.45) is 7.61. The van der Waals surface area contributed by atoms with Crippen molar-refractivity contribution in [3.63, 3.8) is 0 Å². The normalized spacial score (nSPS) is 42.7. The van der Waals surface area contributed by atoms with Crippen LogP contribution in [0.15, 0.2) is 0 Å². The van der Waals surface area contributed by atoms with Gasteiger partial charge in [0.1, 0.15) is 0 Å². The van der Waals surface area contributed by atoms with E-state index in [1.807, 2.05) is 0 Å². The molecule has 2 atom stereocenters. The lowest BCUT2D eigenvalue weighted by atomic mass is 10.0. The molecule has 1 saturated heterocycles. The molecule has 0 unspecified atom stereocenters. The van der Waals surface area contributed by atoms with Gasteiger partial charge in [-0.2, -0.15) is 11.8 Å². The molecule has 0 radical (unpaired) electrons. The Hall–Kier alpha value is 0.350. The maximum Gasteiger partial charge on any atom is 0.00753 e. The zero-order valence-electron chi connectivity index (χ0n) is 5.81. The molecule has 0 aromatic heterocycles. The predicted octanol–water partition coefficient (Wildman–Crippen LogP) is 2.68. The number of thioether (sulfide) groups is 1. The van der Waals surface area contributed by atoms with Gasteiger partial charge in [-0.25, -0.2) is 0 Å². The van der Waals surface area contributed by atoms with Gasteiger partial charge in [-0.3, -0.25) is 0 Å². The number of hydrogen-bond acceptors (Lipinski definition) is 1. The average Bonchev–Trinajstić information content (AvgIpc) is 2.33. The Labute approximate surface area is 61.4 Å². The highest BCUT2D eigenvalue weighted by Crippen LogP contribution is 2.41. The van der Waals surface area contributed by atoms with Gasteiger partial charge in [-0.1, -0.05) is 6.42 Å². The summed E-state index contributed by atoms with van der Waals surface area (Å²) < 4.78 is 0. The van der Waals surface area contributed by atoms with Crippen LogP contribution in [0.25, 0.3) is 0 Å². The molecule has 52 valence electrons. The lowest BCUT2D eigenvalue weighted by Gasteiger charge is -2.23. The Morgan fingerprint density at radius 3 is 2.78 bits per heavy atom. The van der Waals surface area contributed by atoms with Crippen LogP contribution in [-0.2, 0) is 0 Å². The summed E-state index contributed by atoms with van der Waals surface area (Å²) in [5, 5.41) is 1.08. The Kier molecular flexibility index (Phi) is 1.71. The van der Waals surface area contributed by atoms with Gasteiger partial charge in [0.15, 0.2) is 0 Å². The molecule has 1 aliphatic carbocycles. The topological polar surface area (TPSA) is 0 Å². The van der Waals surface area contributed by atoms with Crippen LogP contribution in [-0.4, -0.2) is 11.0 Å². The first-order chi connectivity index (χ1) is 4.47. The third-order valence-electron chi connectivity index (χ3n) is 2.64. The van der Waals surface area contributed by atoms with Crippen LogP contribution in [0, 0.1) is 5.92 Å². The standard InChI is InChI=1S/C8H14S/c1-3-7-4-2-6-9-8(7)5-1/h7-8H,1-6H2/t7-,8-/m0/s1. The molecule has 0 bridgehead atoms. The fraction of sp³-hybridized carbons (Fsp3) is 1.00. The first-order valence-electron chi connectivity index (χ1n) is 4.08. The van der Waals surface area contributed by atoms with Crippen molar-refractivity contribution < 1.29 is 0 Å². The highest BCUT2D eigenvalue weighted by Gasteiger charge is 2.29. The van der Waals surface area contributed by atoms with Gasteiger partial charge in [0.05, 0.1) is 0 Å². The molecule has 0 aromatic carbocycles. The summed E-state index contributed by atoms with van der Waals surface area (Å²) in [4.78, 5) is 0. The van der Waals surface area contributed by atoms with Crippen molar-refractivity contribution in [2.75, 3.05) is 5.75 Å². The zero-order chi connectivity index (χ0) is 6.10. The van der Waals surface area contributed by atoms with E-state index in [0.717, 1.165) is 11.2 Å². The summed E-state index contributed by atoms with van der Waals surface area (Å²) in [7, 11) is 0. The van der Waals surface area contributed by atoms with Crippen molar-refractivity contribution >= 4 is 11.8 Å². The van der Waals surface area contributed by atoms with Crippen molar-refractivity contribution in [2.24, 2.45) is 5.92 Å². The Balaban J connectivity index is 1.97. The van der Waals surface area contributed by atoms with Crippen molar-refractivity contribution in [3.8, 4) is 0 Å². The van der Waals surface area contributed by atoms with E-state index in [9.17, 15) is 0 Å². The van der Waals surface area contributed by atoms with Crippen LogP contribution in [0.5, 0.6) is 0 Å². The summed E-state index contributed by atoms with van der Waals surface area (Å²) in [6, 6.07) is 0. The number of rotatable bonds is 0. The van der Waals surface area contributed by atoms with Crippen LogP contribution >= 0.6 is 11.8 Å². The first kappa shape index (κ1) is 6.09. The minimum Gasteiger partial charge on any atom is -0.158 e. The molecule has 2 fully saturated rings. The maximum atomic E-state index is 2.23. The molecule has 0 amide bonds. The van der Waals surface area contributed by atoms with Gasteiger partial charge in [-0.15, -0.1) is 0 Å². The minimum atomic E-state index is 1.08. The maximum absolute atomic E-state index is 2.23. The van der Waals surface area contributed by atoms with E-state index >= 15 is 0 Å². The van der Waals surface area contributed by atoms with E-state index in [4.69, 9.17) is 0 Å². The molecule has 1 aliphatic heterocycles. The van der Waals surface area contributed by atoms with E-state index in [1.165, 1.54) is 37.9 Å². The lowest BCUT2D eigenvalue weighted by molar-refractivity contribution is 0.494. The van der Waals surface area contributed by atoms with Gasteiger partial charge < -0.3 is 0 Å². The Morgan fingerprint density at radius 2 is 1.89 bits per heavy atom. The summed E-state index contributed by atoms with van der Waals surface area (Å²) in [5.41, 5.74) is 0. The molecular formula is C8H14S. The molecule has 0 aromatic rings. The lowest BCUT2D eigenvalue weighted by Crippen LogP contribution is -2.15. The Bertz CT molecular complexity index is 88.7. The fourth-order valence-electron chi connectivity index (χ4n) is 2.13. The second-order valence-corrected chi connectivity index (χ2v) is 4.59. The van der Waals surface area contributed by atoms with Crippen LogP contribution in [0.1, 0.15) is 32.1 Å². The summed E-state index contributed by atoms with van der Waals surface area (Å²) >= 11 is 2.23. The van der Waals surface area contributed by atoms with Gasteiger partial charge in [-0.05, 0) is 37.4 Å². The van der Waals surface area contributed by atoms with Gasteiger partial charge in [0.2, 0.25) is 0 Å². The highest BCUT2D eigenvalue weighted by molar-refractivity contribution is 7.99. The summed E-state index contributed by atoms with van der Waals surface area (Å²) in [6.45, 7) is 0. The molecule has 2 aliphatic rings. The van der Waals surface area contributed by atoms with Crippen molar-refractivity contribution in [1.82, 2.24) is 0 Å². The molecule has 1 saturated carbocycles. The van der Waals surface area contributed by atoms with E-state index in [1.54, 1.807) is 0 Å².